The topological polar surface area (TPSA) is 49.4 Å². The number of anilines is 2. The summed E-state index contributed by atoms with van der Waals surface area (Å²) in [6.45, 7) is 1.86. The minimum Gasteiger partial charge on any atom is -0.326 e. The van der Waals surface area contributed by atoms with E-state index in [4.69, 9.17) is 0 Å². The Hall–Kier alpha value is -3.25. The number of carbonyl (C=O) groups is 2. The highest BCUT2D eigenvalue weighted by molar-refractivity contribution is 7.09. The second-order valence-corrected chi connectivity index (χ2v) is 7.15. The van der Waals surface area contributed by atoms with E-state index in [2.05, 4.69) is 5.32 Å². The predicted molar refractivity (Wildman–Crippen MR) is 112 cm³/mol. The minimum absolute atomic E-state index is 0.137. The van der Waals surface area contributed by atoms with Gasteiger partial charge in [-0.3, -0.25) is 9.59 Å². The molecular weight excluding hydrogens is 375 g/mol. The molecular formula is C22H19FN2O2S. The summed E-state index contributed by atoms with van der Waals surface area (Å²) in [5.41, 5.74) is 2.16. The van der Waals surface area contributed by atoms with Crippen LogP contribution >= 0.6 is 11.3 Å². The van der Waals surface area contributed by atoms with E-state index in [1.165, 1.54) is 25.1 Å². The maximum absolute atomic E-state index is 13.3. The Morgan fingerprint density at radius 3 is 2.39 bits per heavy atom. The van der Waals surface area contributed by atoms with Gasteiger partial charge in [-0.1, -0.05) is 18.2 Å². The fourth-order valence-corrected chi connectivity index (χ4v) is 3.31. The molecule has 0 atom stereocenters. The van der Waals surface area contributed by atoms with Crippen LogP contribution in [0.5, 0.6) is 0 Å². The van der Waals surface area contributed by atoms with Crippen LogP contribution in [-0.2, 0) is 16.1 Å². The highest BCUT2D eigenvalue weighted by Crippen LogP contribution is 2.21. The lowest BCUT2D eigenvalue weighted by molar-refractivity contribution is -0.115. The fourth-order valence-electron chi connectivity index (χ4n) is 2.61. The average Bonchev–Trinajstić information content (AvgIpc) is 3.19. The van der Waals surface area contributed by atoms with E-state index in [9.17, 15) is 14.0 Å². The Balaban J connectivity index is 1.77. The van der Waals surface area contributed by atoms with Crippen molar-refractivity contribution in [1.29, 1.82) is 0 Å². The van der Waals surface area contributed by atoms with Gasteiger partial charge < -0.3 is 10.2 Å². The zero-order chi connectivity index (χ0) is 19.9. The summed E-state index contributed by atoms with van der Waals surface area (Å²) in [4.78, 5) is 26.5. The Labute approximate surface area is 166 Å². The molecule has 0 aliphatic rings. The number of amides is 2. The molecule has 1 heterocycles. The Kier molecular flexibility index (Phi) is 6.34. The van der Waals surface area contributed by atoms with Crippen molar-refractivity contribution in [2.45, 2.75) is 13.5 Å². The first-order valence-corrected chi connectivity index (χ1v) is 9.54. The molecule has 28 heavy (non-hydrogen) atoms. The molecule has 0 spiro atoms. The van der Waals surface area contributed by atoms with Crippen molar-refractivity contribution in [2.75, 3.05) is 10.2 Å². The summed E-state index contributed by atoms with van der Waals surface area (Å²) in [5, 5.41) is 4.65. The number of nitrogens with zero attached hydrogens (tertiary/aromatic N) is 1. The highest BCUT2D eigenvalue weighted by atomic mass is 32.1. The zero-order valence-corrected chi connectivity index (χ0v) is 16.1. The van der Waals surface area contributed by atoms with Crippen molar-refractivity contribution < 1.29 is 14.0 Å². The van der Waals surface area contributed by atoms with Crippen molar-refractivity contribution in [1.82, 2.24) is 0 Å². The van der Waals surface area contributed by atoms with E-state index in [1.54, 1.807) is 46.6 Å². The first-order valence-electron chi connectivity index (χ1n) is 8.66. The molecule has 0 fully saturated rings. The van der Waals surface area contributed by atoms with Gasteiger partial charge >= 0.3 is 0 Å². The molecule has 0 bridgehead atoms. The van der Waals surface area contributed by atoms with Crippen LogP contribution in [0.25, 0.3) is 6.08 Å². The number of nitrogens with one attached hydrogen (secondary N) is 1. The number of halogens is 1. The molecule has 2 aromatic carbocycles. The number of hydrogen-bond donors (Lipinski definition) is 1. The molecule has 142 valence electrons. The molecule has 4 nitrogen and oxygen atoms in total. The van der Waals surface area contributed by atoms with Gasteiger partial charge in [-0.15, -0.1) is 11.3 Å². The lowest BCUT2D eigenvalue weighted by Gasteiger charge is -2.20. The van der Waals surface area contributed by atoms with Crippen molar-refractivity contribution >= 4 is 40.6 Å². The van der Waals surface area contributed by atoms with Gasteiger partial charge in [-0.25, -0.2) is 4.39 Å². The molecule has 0 aliphatic carbocycles. The highest BCUT2D eigenvalue weighted by Gasteiger charge is 2.14. The van der Waals surface area contributed by atoms with Crippen LogP contribution in [0.1, 0.15) is 17.4 Å². The normalized spacial score (nSPS) is 10.8. The maximum Gasteiger partial charge on any atom is 0.251 e. The van der Waals surface area contributed by atoms with Crippen LogP contribution in [0, 0.1) is 5.82 Å². The average molecular weight is 394 g/mol. The van der Waals surface area contributed by atoms with Crippen molar-refractivity contribution in [2.24, 2.45) is 0 Å². The van der Waals surface area contributed by atoms with Crippen LogP contribution < -0.4 is 10.2 Å². The van der Waals surface area contributed by atoms with Gasteiger partial charge in [0.15, 0.2) is 0 Å². The zero-order valence-electron chi connectivity index (χ0n) is 15.3. The number of hydrogen-bond acceptors (Lipinski definition) is 3. The molecule has 6 heteroatoms. The third-order valence-electron chi connectivity index (χ3n) is 3.95. The minimum atomic E-state index is -0.345. The van der Waals surface area contributed by atoms with E-state index in [-0.39, 0.29) is 17.6 Å². The van der Waals surface area contributed by atoms with Crippen LogP contribution in [-0.4, -0.2) is 11.8 Å². The molecule has 0 radical (unpaired) electrons. The molecule has 3 aromatic rings. The van der Waals surface area contributed by atoms with Gasteiger partial charge in [0.1, 0.15) is 5.82 Å². The fraction of sp³-hybridized carbons (Fsp3) is 0.0909. The number of thiophene rings is 1. The van der Waals surface area contributed by atoms with Crippen LogP contribution in [0.2, 0.25) is 0 Å². The third-order valence-corrected chi connectivity index (χ3v) is 4.81. The van der Waals surface area contributed by atoms with Crippen LogP contribution in [0.4, 0.5) is 15.8 Å². The molecule has 0 unspecified atom stereocenters. The van der Waals surface area contributed by atoms with Gasteiger partial charge in [0.05, 0.1) is 6.54 Å². The lowest BCUT2D eigenvalue weighted by atomic mass is 10.2. The summed E-state index contributed by atoms with van der Waals surface area (Å²) in [7, 11) is 0. The van der Waals surface area contributed by atoms with Crippen molar-refractivity contribution in [3.8, 4) is 0 Å². The number of rotatable bonds is 6. The Morgan fingerprint density at radius 2 is 1.79 bits per heavy atom. The van der Waals surface area contributed by atoms with Crippen LogP contribution in [0.15, 0.2) is 72.1 Å². The lowest BCUT2D eigenvalue weighted by Crippen LogP contribution is -2.28. The maximum atomic E-state index is 13.3. The van der Waals surface area contributed by atoms with Gasteiger partial charge in [-0.05, 0) is 59.5 Å². The van der Waals surface area contributed by atoms with Gasteiger partial charge in [-0.2, -0.15) is 0 Å². The molecule has 0 saturated carbocycles. The SMILES string of the molecule is CC(=O)Nc1ccc(/C=C/C(=O)N(Cc2cccs2)c2ccc(F)cc2)cc1. The largest absolute Gasteiger partial charge is 0.326 e. The van der Waals surface area contributed by atoms with E-state index >= 15 is 0 Å². The van der Waals surface area contributed by atoms with Gasteiger partial charge in [0.2, 0.25) is 5.91 Å². The van der Waals surface area contributed by atoms with Gasteiger partial charge in [0, 0.05) is 29.3 Å². The van der Waals surface area contributed by atoms with E-state index < -0.39 is 0 Å². The summed E-state index contributed by atoms with van der Waals surface area (Å²) in [6.07, 6.45) is 3.20. The summed E-state index contributed by atoms with van der Waals surface area (Å²) >= 11 is 1.56. The molecule has 0 saturated heterocycles. The monoisotopic (exact) mass is 394 g/mol. The Morgan fingerprint density at radius 1 is 1.07 bits per heavy atom. The summed E-state index contributed by atoms with van der Waals surface area (Å²) in [5.74, 6) is -0.685. The van der Waals surface area contributed by atoms with Crippen molar-refractivity contribution in [3.63, 3.8) is 0 Å². The molecule has 1 N–H and O–H groups in total. The Bertz CT molecular complexity index is 965. The summed E-state index contributed by atoms with van der Waals surface area (Å²) in [6, 6.07) is 16.9. The molecule has 1 aromatic heterocycles. The molecule has 3 rings (SSSR count). The quantitative estimate of drug-likeness (QED) is 0.592. The van der Waals surface area contributed by atoms with Crippen molar-refractivity contribution in [3.05, 3.63) is 88.4 Å². The molecule has 2 amide bonds. The third kappa shape index (κ3) is 5.37. The summed E-state index contributed by atoms with van der Waals surface area (Å²) < 4.78 is 13.3. The predicted octanol–water partition coefficient (Wildman–Crippen LogP) is 5.09. The van der Waals surface area contributed by atoms with E-state index in [0.717, 1.165) is 10.4 Å². The first-order chi connectivity index (χ1) is 13.5. The number of carbonyl (C=O) groups excluding carboxylic acids is 2. The smallest absolute Gasteiger partial charge is 0.251 e. The standard InChI is InChI=1S/C22H19FN2O2S/c1-16(26)24-19-9-4-17(5-10-19)6-13-22(27)25(15-21-3-2-14-28-21)20-11-7-18(23)8-12-20/h2-14H,15H2,1H3,(H,24,26)/b13-6+. The molecule has 0 aliphatic heterocycles. The van der Waals surface area contributed by atoms with Crippen LogP contribution in [0.3, 0.4) is 0 Å². The van der Waals surface area contributed by atoms with E-state index in [0.29, 0.717) is 17.9 Å². The first kappa shape index (κ1) is 19.5. The second-order valence-electron chi connectivity index (χ2n) is 6.12. The number of benzene rings is 2. The van der Waals surface area contributed by atoms with Gasteiger partial charge in [0.25, 0.3) is 5.91 Å². The second kappa shape index (κ2) is 9.10. The van der Waals surface area contributed by atoms with E-state index in [1.807, 2.05) is 29.6 Å².